The van der Waals surface area contributed by atoms with E-state index in [1.54, 1.807) is 14.2 Å². The van der Waals surface area contributed by atoms with Crippen molar-refractivity contribution in [1.29, 1.82) is 0 Å². The molecule has 0 saturated heterocycles. The van der Waals surface area contributed by atoms with Crippen molar-refractivity contribution < 1.29 is 19.3 Å². The summed E-state index contributed by atoms with van der Waals surface area (Å²) in [7, 11) is 3.27. The highest BCUT2D eigenvalue weighted by atomic mass is 16.5. The zero-order valence-corrected chi connectivity index (χ0v) is 12.5. The second kappa shape index (κ2) is 9.58. The van der Waals surface area contributed by atoms with Gasteiger partial charge in [-0.25, -0.2) is 0 Å². The molecule has 1 atom stereocenters. The molecule has 1 rings (SSSR count). The third kappa shape index (κ3) is 5.36. The van der Waals surface area contributed by atoms with Gasteiger partial charge in [-0.1, -0.05) is 6.07 Å². The summed E-state index contributed by atoms with van der Waals surface area (Å²) < 4.78 is 15.7. The summed E-state index contributed by atoms with van der Waals surface area (Å²) in [4.78, 5) is 0. The fourth-order valence-corrected chi connectivity index (χ4v) is 1.90. The fourth-order valence-electron chi connectivity index (χ4n) is 1.90. The number of rotatable bonds is 10. The normalized spacial score (nSPS) is 12.2. The quantitative estimate of drug-likeness (QED) is 0.641. The molecule has 0 bridgehead atoms. The molecule has 0 saturated carbocycles. The third-order valence-corrected chi connectivity index (χ3v) is 3.06. The first kappa shape index (κ1) is 16.8. The van der Waals surface area contributed by atoms with Gasteiger partial charge in [0, 0.05) is 12.6 Å². The van der Waals surface area contributed by atoms with Crippen molar-refractivity contribution in [3.63, 3.8) is 0 Å². The van der Waals surface area contributed by atoms with E-state index in [1.165, 1.54) is 0 Å². The summed E-state index contributed by atoms with van der Waals surface area (Å²) in [6, 6.07) is 6.16. The maximum atomic E-state index is 8.59. The molecule has 5 heteroatoms. The number of methoxy groups -OCH3 is 2. The largest absolute Gasteiger partial charge is 0.493 e. The molecule has 0 fully saturated rings. The van der Waals surface area contributed by atoms with E-state index >= 15 is 0 Å². The first-order chi connectivity index (χ1) is 9.72. The van der Waals surface area contributed by atoms with Gasteiger partial charge in [0.25, 0.3) is 0 Å². The average Bonchev–Trinajstić information content (AvgIpc) is 2.49. The van der Waals surface area contributed by atoms with Crippen molar-refractivity contribution in [2.24, 2.45) is 0 Å². The van der Waals surface area contributed by atoms with Crippen molar-refractivity contribution in [2.75, 3.05) is 40.6 Å². The van der Waals surface area contributed by atoms with Crippen LogP contribution in [-0.2, 0) is 4.74 Å². The maximum Gasteiger partial charge on any atom is 0.161 e. The predicted octanol–water partition coefficient (Wildman–Crippen LogP) is 1.75. The molecule has 0 radical (unpaired) electrons. The van der Waals surface area contributed by atoms with Crippen molar-refractivity contribution in [1.82, 2.24) is 5.32 Å². The molecule has 0 aliphatic heterocycles. The molecule has 114 valence electrons. The lowest BCUT2D eigenvalue weighted by Gasteiger charge is -2.16. The summed E-state index contributed by atoms with van der Waals surface area (Å²) in [6.45, 7) is 4.11. The minimum atomic E-state index is 0.0788. The lowest BCUT2D eigenvalue weighted by molar-refractivity contribution is 0.0904. The summed E-state index contributed by atoms with van der Waals surface area (Å²) in [5, 5.41) is 12.0. The van der Waals surface area contributed by atoms with Gasteiger partial charge >= 0.3 is 0 Å². The van der Waals surface area contributed by atoms with Gasteiger partial charge in [-0.2, -0.15) is 0 Å². The van der Waals surface area contributed by atoms with Crippen LogP contribution < -0.4 is 14.8 Å². The van der Waals surface area contributed by atoms with Crippen molar-refractivity contribution >= 4 is 0 Å². The molecule has 20 heavy (non-hydrogen) atoms. The van der Waals surface area contributed by atoms with E-state index in [-0.39, 0.29) is 12.6 Å². The molecule has 1 aromatic carbocycles. The van der Waals surface area contributed by atoms with Gasteiger partial charge in [-0.15, -0.1) is 0 Å². The monoisotopic (exact) mass is 283 g/mol. The Morgan fingerprint density at radius 2 is 1.90 bits per heavy atom. The molecule has 1 unspecified atom stereocenters. The number of aliphatic hydroxyl groups excluding tert-OH is 1. The highest BCUT2D eigenvalue weighted by Crippen LogP contribution is 2.29. The zero-order chi connectivity index (χ0) is 14.8. The molecule has 5 nitrogen and oxygen atoms in total. The van der Waals surface area contributed by atoms with E-state index in [2.05, 4.69) is 12.2 Å². The van der Waals surface area contributed by atoms with Crippen LogP contribution in [0.3, 0.4) is 0 Å². The van der Waals surface area contributed by atoms with E-state index in [4.69, 9.17) is 19.3 Å². The van der Waals surface area contributed by atoms with Gasteiger partial charge in [-0.05, 0) is 37.6 Å². The lowest BCUT2D eigenvalue weighted by atomic mass is 10.1. The van der Waals surface area contributed by atoms with Crippen LogP contribution in [0.1, 0.15) is 24.9 Å². The summed E-state index contributed by atoms with van der Waals surface area (Å²) in [5.41, 5.74) is 1.15. The molecule has 1 aromatic rings. The summed E-state index contributed by atoms with van der Waals surface area (Å²) in [6.07, 6.45) is 0.914. The van der Waals surface area contributed by atoms with Crippen LogP contribution in [0.15, 0.2) is 18.2 Å². The third-order valence-electron chi connectivity index (χ3n) is 3.06. The average molecular weight is 283 g/mol. The summed E-state index contributed by atoms with van der Waals surface area (Å²) >= 11 is 0. The maximum absolute atomic E-state index is 8.59. The number of hydrogen-bond acceptors (Lipinski definition) is 5. The number of ether oxygens (including phenoxy) is 3. The van der Waals surface area contributed by atoms with Crippen molar-refractivity contribution in [3.05, 3.63) is 23.8 Å². The van der Waals surface area contributed by atoms with Gasteiger partial charge in [0.15, 0.2) is 11.5 Å². The van der Waals surface area contributed by atoms with Gasteiger partial charge in [-0.3, -0.25) is 0 Å². The first-order valence-corrected chi connectivity index (χ1v) is 6.86. The second-order valence-corrected chi connectivity index (χ2v) is 4.48. The molecule has 0 heterocycles. The van der Waals surface area contributed by atoms with E-state index < -0.39 is 0 Å². The highest BCUT2D eigenvalue weighted by Gasteiger charge is 2.09. The minimum absolute atomic E-state index is 0.0788. The first-order valence-electron chi connectivity index (χ1n) is 6.86. The lowest BCUT2D eigenvalue weighted by Crippen LogP contribution is -2.21. The van der Waals surface area contributed by atoms with Gasteiger partial charge < -0.3 is 24.6 Å². The SMILES string of the molecule is COc1ccc(C(C)NCCCOCCO)cc1OC. The van der Waals surface area contributed by atoms with E-state index in [1.807, 2.05) is 18.2 Å². The van der Waals surface area contributed by atoms with Crippen LogP contribution >= 0.6 is 0 Å². The molecule has 0 aliphatic rings. The Morgan fingerprint density at radius 1 is 1.15 bits per heavy atom. The molecular formula is C15H25NO4. The van der Waals surface area contributed by atoms with E-state index in [0.29, 0.717) is 13.2 Å². The van der Waals surface area contributed by atoms with Gasteiger partial charge in [0.2, 0.25) is 0 Å². The Morgan fingerprint density at radius 3 is 2.55 bits per heavy atom. The Hall–Kier alpha value is -1.30. The highest BCUT2D eigenvalue weighted by molar-refractivity contribution is 5.43. The number of benzene rings is 1. The Labute approximate surface area is 120 Å². The van der Waals surface area contributed by atoms with Crippen LogP contribution in [0.5, 0.6) is 11.5 Å². The van der Waals surface area contributed by atoms with E-state index in [0.717, 1.165) is 30.0 Å². The topological polar surface area (TPSA) is 60.0 Å². The van der Waals surface area contributed by atoms with E-state index in [9.17, 15) is 0 Å². The molecule has 0 aliphatic carbocycles. The van der Waals surface area contributed by atoms with Crippen LogP contribution in [0.25, 0.3) is 0 Å². The Bertz CT molecular complexity index is 384. The summed E-state index contributed by atoms with van der Waals surface area (Å²) in [5.74, 6) is 1.48. The Balaban J connectivity index is 2.41. The number of nitrogens with one attached hydrogen (secondary N) is 1. The zero-order valence-electron chi connectivity index (χ0n) is 12.5. The van der Waals surface area contributed by atoms with Crippen molar-refractivity contribution in [3.8, 4) is 11.5 Å². The van der Waals surface area contributed by atoms with Crippen LogP contribution in [0.4, 0.5) is 0 Å². The van der Waals surface area contributed by atoms with Crippen LogP contribution in [0.2, 0.25) is 0 Å². The molecule has 0 aromatic heterocycles. The molecule has 0 amide bonds. The van der Waals surface area contributed by atoms with Crippen LogP contribution in [0, 0.1) is 0 Å². The molecule has 2 N–H and O–H groups in total. The fraction of sp³-hybridized carbons (Fsp3) is 0.600. The van der Waals surface area contributed by atoms with Gasteiger partial charge in [0.1, 0.15) is 0 Å². The molecule has 0 spiro atoms. The van der Waals surface area contributed by atoms with Gasteiger partial charge in [0.05, 0.1) is 27.4 Å². The van der Waals surface area contributed by atoms with Crippen molar-refractivity contribution in [2.45, 2.75) is 19.4 Å². The molecular weight excluding hydrogens is 258 g/mol. The minimum Gasteiger partial charge on any atom is -0.493 e. The van der Waals surface area contributed by atoms with Crippen LogP contribution in [-0.4, -0.2) is 45.7 Å². The number of hydrogen-bond donors (Lipinski definition) is 2. The predicted molar refractivity (Wildman–Crippen MR) is 78.5 cm³/mol. The second-order valence-electron chi connectivity index (χ2n) is 4.48. The smallest absolute Gasteiger partial charge is 0.161 e. The standard InChI is InChI=1S/C15H25NO4/c1-12(16-7-4-9-20-10-8-17)13-5-6-14(18-2)15(11-13)19-3/h5-6,11-12,16-17H,4,7-10H2,1-3H3. The Kier molecular flexibility index (Phi) is 8.02. The number of aliphatic hydroxyl groups is 1.